The Morgan fingerprint density at radius 3 is 2.65 bits per heavy atom. The van der Waals surface area contributed by atoms with Crippen LogP contribution in [0.1, 0.15) is 43.1 Å². The van der Waals surface area contributed by atoms with E-state index in [0.717, 1.165) is 13.0 Å². The van der Waals surface area contributed by atoms with Crippen LogP contribution in [0.15, 0.2) is 22.9 Å². The highest BCUT2D eigenvalue weighted by Gasteiger charge is 2.14. The molecule has 8 heteroatoms. The van der Waals surface area contributed by atoms with E-state index in [1.165, 1.54) is 0 Å². The molecule has 0 atom stereocenters. The summed E-state index contributed by atoms with van der Waals surface area (Å²) in [6, 6.07) is -0.174. The van der Waals surface area contributed by atoms with Gasteiger partial charge in [0.25, 0.3) is 5.56 Å². The summed E-state index contributed by atoms with van der Waals surface area (Å²) in [6.45, 7) is -4.94. The van der Waals surface area contributed by atoms with Crippen LogP contribution in [0.2, 0.25) is 10.0 Å². The number of H-pyrrole nitrogens is 1. The lowest BCUT2D eigenvalue weighted by atomic mass is 10.1. The highest BCUT2D eigenvalue weighted by atomic mass is 35.5. The van der Waals surface area contributed by atoms with Crippen molar-refractivity contribution in [3.8, 4) is 11.6 Å². The number of benzene rings is 1. The van der Waals surface area contributed by atoms with Gasteiger partial charge >= 0.3 is 0 Å². The number of amides is 1. The normalized spacial score (nSPS) is 16.9. The third kappa shape index (κ3) is 4.24. The monoisotopic (exact) mass is 363 g/mol. The number of aromatic amines is 1. The molecule has 1 aromatic heterocycles. The Morgan fingerprint density at radius 2 is 2.09 bits per heavy atom. The summed E-state index contributed by atoms with van der Waals surface area (Å²) >= 11 is 12.2. The second-order valence-electron chi connectivity index (χ2n) is 4.29. The Bertz CT molecular complexity index is 1040. The fourth-order valence-corrected chi connectivity index (χ4v) is 2.06. The van der Waals surface area contributed by atoms with Gasteiger partial charge in [0.05, 0.1) is 12.8 Å². The molecule has 6 nitrogen and oxygen atoms in total. The second kappa shape index (κ2) is 7.02. The lowest BCUT2D eigenvalue weighted by Crippen LogP contribution is -2.15. The molecule has 2 aromatic rings. The Kier molecular flexibility index (Phi) is 2.84. The minimum Gasteiger partial charge on any atom is -0.434 e. The van der Waals surface area contributed by atoms with Crippen molar-refractivity contribution >= 4 is 34.8 Å². The summed E-state index contributed by atoms with van der Waals surface area (Å²) in [5, 5.41) is 6.93. The van der Waals surface area contributed by atoms with Crippen molar-refractivity contribution in [3.05, 3.63) is 44.1 Å². The van der Waals surface area contributed by atoms with Crippen molar-refractivity contribution < 1.29 is 20.5 Å². The molecular weight excluding hydrogens is 341 g/mol. The Morgan fingerprint density at radius 1 is 1.43 bits per heavy atom. The summed E-state index contributed by atoms with van der Waals surface area (Å²) in [5.41, 5.74) is -1.95. The molecule has 0 unspecified atom stereocenters. The van der Waals surface area contributed by atoms with Crippen LogP contribution in [0.3, 0.4) is 0 Å². The molecule has 0 spiro atoms. The van der Waals surface area contributed by atoms with Gasteiger partial charge < -0.3 is 10.1 Å². The molecule has 2 N–H and O–H groups in total. The van der Waals surface area contributed by atoms with Gasteiger partial charge in [0.2, 0.25) is 11.8 Å². The number of anilines is 1. The second-order valence-corrected chi connectivity index (χ2v) is 5.04. The van der Waals surface area contributed by atoms with Gasteiger partial charge in [-0.15, -0.1) is 5.10 Å². The smallest absolute Gasteiger partial charge is 0.267 e. The SMILES string of the molecule is [2H]c1c(Cl)c(Oc2cc(C(C([2H])([2H])[2H])C([2H])([2H])[2H])c(=O)[nH]n2)c(Cl)c([2H])c1NC(C)=O. The predicted molar refractivity (Wildman–Crippen MR) is 89.8 cm³/mol. The van der Waals surface area contributed by atoms with E-state index in [9.17, 15) is 9.59 Å². The number of nitrogens with one attached hydrogen (secondary N) is 2. The highest BCUT2D eigenvalue weighted by Crippen LogP contribution is 2.38. The van der Waals surface area contributed by atoms with Crippen LogP contribution < -0.4 is 15.6 Å². The first-order valence-corrected chi connectivity index (χ1v) is 6.84. The van der Waals surface area contributed by atoms with Crippen LogP contribution in [-0.4, -0.2) is 16.1 Å². The van der Waals surface area contributed by atoms with Gasteiger partial charge in [-0.25, -0.2) is 5.10 Å². The first kappa shape index (κ1) is 9.30. The summed E-state index contributed by atoms with van der Waals surface area (Å²) in [6.07, 6.45) is 0. The van der Waals surface area contributed by atoms with E-state index in [0.29, 0.717) is 0 Å². The zero-order chi connectivity index (χ0) is 23.9. The molecule has 0 radical (unpaired) electrons. The number of aromatic nitrogens is 2. The third-order valence-corrected chi connectivity index (χ3v) is 3.03. The van der Waals surface area contributed by atoms with Crippen LogP contribution in [0.25, 0.3) is 0 Å². The Labute approximate surface area is 154 Å². The largest absolute Gasteiger partial charge is 0.434 e. The van der Waals surface area contributed by atoms with E-state index in [1.807, 2.05) is 5.10 Å². The maximum absolute atomic E-state index is 12.1. The molecule has 0 aliphatic rings. The quantitative estimate of drug-likeness (QED) is 0.860. The number of hydrogen-bond acceptors (Lipinski definition) is 4. The van der Waals surface area contributed by atoms with Crippen molar-refractivity contribution in [1.29, 1.82) is 0 Å². The molecule has 0 fully saturated rings. The lowest BCUT2D eigenvalue weighted by Gasteiger charge is -2.12. The van der Waals surface area contributed by atoms with Gasteiger partial charge in [-0.1, -0.05) is 36.9 Å². The zero-order valence-electron chi connectivity index (χ0n) is 19.6. The Hall–Kier alpha value is -2.05. The van der Waals surface area contributed by atoms with Crippen LogP contribution in [0.4, 0.5) is 5.69 Å². The molecule has 23 heavy (non-hydrogen) atoms. The molecule has 122 valence electrons. The van der Waals surface area contributed by atoms with Crippen molar-refractivity contribution in [2.24, 2.45) is 0 Å². The topological polar surface area (TPSA) is 84.1 Å². The number of carbonyl (C=O) groups excluding carboxylic acids is 1. The van der Waals surface area contributed by atoms with Gasteiger partial charge in [-0.3, -0.25) is 9.59 Å². The van der Waals surface area contributed by atoms with Gasteiger partial charge in [0.15, 0.2) is 5.75 Å². The van der Waals surface area contributed by atoms with E-state index >= 15 is 0 Å². The molecule has 1 aromatic carbocycles. The molecule has 2 rings (SSSR count). The number of rotatable bonds is 4. The van der Waals surface area contributed by atoms with Crippen molar-refractivity contribution in [1.82, 2.24) is 10.2 Å². The van der Waals surface area contributed by atoms with E-state index < -0.39 is 70.4 Å². The molecule has 1 heterocycles. The van der Waals surface area contributed by atoms with Gasteiger partial charge in [0.1, 0.15) is 0 Å². The standard InChI is InChI=1S/C15H15Cl2N3O3/c1-7(2)10-6-13(19-20-15(10)22)23-14-11(16)4-9(5-12(14)17)18-8(3)21/h4-7H,1-3H3,(H,18,21)(H,20,22)/i1D3,2D3,4D,5D. The van der Waals surface area contributed by atoms with E-state index in [2.05, 4.69) is 10.4 Å². The molecule has 0 aliphatic carbocycles. The van der Waals surface area contributed by atoms with Gasteiger partial charge in [-0.05, 0) is 18.0 Å². The van der Waals surface area contributed by atoms with E-state index in [-0.39, 0.29) is 5.69 Å². The molecular formula is C15H15Cl2N3O3. The summed E-state index contributed by atoms with van der Waals surface area (Å²) < 4.78 is 66.4. The van der Waals surface area contributed by atoms with Gasteiger partial charge in [0, 0.05) is 32.5 Å². The lowest BCUT2D eigenvalue weighted by molar-refractivity contribution is -0.114. The fraction of sp³-hybridized carbons (Fsp3) is 0.267. The molecule has 0 aliphatic heterocycles. The average molecular weight is 364 g/mol. The van der Waals surface area contributed by atoms with E-state index in [4.69, 9.17) is 38.9 Å². The summed E-state index contributed by atoms with van der Waals surface area (Å²) in [4.78, 5) is 23.4. The maximum Gasteiger partial charge on any atom is 0.267 e. The zero-order valence-corrected chi connectivity index (χ0v) is 13.1. The maximum atomic E-state index is 12.1. The van der Waals surface area contributed by atoms with Crippen LogP contribution in [-0.2, 0) is 4.79 Å². The third-order valence-electron chi connectivity index (χ3n) is 2.50. The van der Waals surface area contributed by atoms with Crippen LogP contribution in [0.5, 0.6) is 11.6 Å². The van der Waals surface area contributed by atoms with Crippen LogP contribution in [0, 0.1) is 0 Å². The number of hydrogen-bond donors (Lipinski definition) is 2. The summed E-state index contributed by atoms with van der Waals surface area (Å²) in [5.74, 6) is -3.63. The minimum absolute atomic E-state index is 0.269. The minimum atomic E-state index is -3.05. The van der Waals surface area contributed by atoms with Crippen LogP contribution >= 0.6 is 23.2 Å². The van der Waals surface area contributed by atoms with Crippen molar-refractivity contribution in [2.45, 2.75) is 26.5 Å². The number of nitrogens with zero attached hydrogens (tertiary/aromatic N) is 1. The van der Waals surface area contributed by atoms with E-state index in [1.54, 1.807) is 0 Å². The predicted octanol–water partition coefficient (Wildman–Crippen LogP) is 3.95. The summed E-state index contributed by atoms with van der Waals surface area (Å²) in [7, 11) is 0. The average Bonchev–Trinajstić information content (AvgIpc) is 2.61. The molecule has 0 saturated carbocycles. The first-order valence-electron chi connectivity index (χ1n) is 10.1. The van der Waals surface area contributed by atoms with Crippen molar-refractivity contribution in [3.63, 3.8) is 0 Å². The Balaban J connectivity index is 2.61. The highest BCUT2D eigenvalue weighted by molar-refractivity contribution is 6.37. The van der Waals surface area contributed by atoms with Gasteiger partial charge in [-0.2, -0.15) is 0 Å². The molecule has 0 bridgehead atoms. The molecule has 1 amide bonds. The molecule has 0 saturated heterocycles. The number of halogens is 2. The first-order chi connectivity index (χ1) is 14.1. The van der Waals surface area contributed by atoms with Crippen molar-refractivity contribution in [2.75, 3.05) is 5.32 Å². The number of ether oxygens (including phenoxy) is 1. The fourth-order valence-electron chi connectivity index (χ4n) is 1.56. The number of carbonyl (C=O) groups is 1.